The molecular formula is C7H4ClN2S. The monoisotopic (exact) mass is 183 g/mol. The second-order valence-electron chi connectivity index (χ2n) is 2.00. The molecule has 4 heteroatoms. The van der Waals surface area contributed by atoms with Crippen LogP contribution in [0.5, 0.6) is 0 Å². The van der Waals surface area contributed by atoms with E-state index in [4.69, 9.17) is 11.6 Å². The molecule has 0 spiro atoms. The summed E-state index contributed by atoms with van der Waals surface area (Å²) in [7, 11) is 0. The Hall–Kier alpha value is -0.800. The predicted octanol–water partition coefficient (Wildman–Crippen LogP) is 2.26. The largest absolute Gasteiger partial charge is 0.224 e. The summed E-state index contributed by atoms with van der Waals surface area (Å²) in [6, 6.07) is 3.97. The molecule has 1 aliphatic rings. The number of thiophene rings is 1. The number of amidine groups is 1. The van der Waals surface area contributed by atoms with E-state index in [1.807, 2.05) is 17.5 Å². The van der Waals surface area contributed by atoms with Crippen LogP contribution in [0.15, 0.2) is 28.7 Å². The molecular weight excluding hydrogens is 180 g/mol. The molecule has 2 heterocycles. The molecule has 0 atom stereocenters. The first-order valence-electron chi connectivity index (χ1n) is 3.05. The Kier molecular flexibility index (Phi) is 1.68. The predicted molar refractivity (Wildman–Crippen MR) is 47.7 cm³/mol. The summed E-state index contributed by atoms with van der Waals surface area (Å²) >= 11 is 7.19. The van der Waals surface area contributed by atoms with Gasteiger partial charge in [-0.25, -0.2) is 10.3 Å². The summed E-state index contributed by atoms with van der Waals surface area (Å²) < 4.78 is 0. The maximum atomic E-state index is 5.56. The van der Waals surface area contributed by atoms with Gasteiger partial charge in [-0.15, -0.1) is 11.3 Å². The van der Waals surface area contributed by atoms with Gasteiger partial charge in [0.15, 0.2) is 0 Å². The highest BCUT2D eigenvalue weighted by Crippen LogP contribution is 2.21. The molecule has 1 aromatic heterocycles. The van der Waals surface area contributed by atoms with Gasteiger partial charge in [0, 0.05) is 0 Å². The van der Waals surface area contributed by atoms with Crippen LogP contribution in [0, 0.1) is 0 Å². The number of nitrogens with zero attached hydrogens (tertiary/aromatic N) is 2. The normalized spacial score (nSPS) is 15.7. The van der Waals surface area contributed by atoms with Gasteiger partial charge in [0.1, 0.15) is 5.70 Å². The van der Waals surface area contributed by atoms with E-state index in [0.717, 1.165) is 10.6 Å². The van der Waals surface area contributed by atoms with E-state index in [1.54, 1.807) is 17.5 Å². The minimum absolute atomic E-state index is 0.313. The Labute approximate surface area is 73.2 Å². The standard InChI is InChI=1S/C7H4ClN2S/c8-7-9-4-5(10-7)6-2-1-3-11-6/h1-4H. The van der Waals surface area contributed by atoms with E-state index in [2.05, 4.69) is 10.3 Å². The molecule has 2 nitrogen and oxygen atoms in total. The summed E-state index contributed by atoms with van der Waals surface area (Å²) in [5.74, 6) is 0. The average molecular weight is 184 g/mol. The topological polar surface area (TPSA) is 26.5 Å². The van der Waals surface area contributed by atoms with Gasteiger partial charge in [0.2, 0.25) is 5.29 Å². The summed E-state index contributed by atoms with van der Waals surface area (Å²) in [5.41, 5.74) is 0.852. The van der Waals surface area contributed by atoms with Crippen molar-refractivity contribution in [3.63, 3.8) is 0 Å². The molecule has 55 valence electrons. The molecule has 0 amide bonds. The van der Waals surface area contributed by atoms with Gasteiger partial charge >= 0.3 is 0 Å². The van der Waals surface area contributed by atoms with Crippen LogP contribution >= 0.6 is 22.9 Å². The van der Waals surface area contributed by atoms with Crippen LogP contribution in [-0.2, 0) is 0 Å². The average Bonchev–Trinajstić information content (AvgIpc) is 2.55. The third kappa shape index (κ3) is 1.29. The van der Waals surface area contributed by atoms with Crippen molar-refractivity contribution in [2.75, 3.05) is 0 Å². The van der Waals surface area contributed by atoms with Crippen LogP contribution in [0.3, 0.4) is 0 Å². The lowest BCUT2D eigenvalue weighted by molar-refractivity contribution is 1.36. The van der Waals surface area contributed by atoms with E-state index >= 15 is 0 Å². The van der Waals surface area contributed by atoms with Crippen molar-refractivity contribution in [1.82, 2.24) is 5.32 Å². The zero-order chi connectivity index (χ0) is 7.68. The second-order valence-corrected chi connectivity index (χ2v) is 3.29. The first-order valence-corrected chi connectivity index (χ1v) is 4.31. The fourth-order valence-electron chi connectivity index (χ4n) is 0.815. The van der Waals surface area contributed by atoms with Gasteiger partial charge in [0.25, 0.3) is 0 Å². The van der Waals surface area contributed by atoms with E-state index in [-0.39, 0.29) is 0 Å². The van der Waals surface area contributed by atoms with Gasteiger partial charge in [-0.1, -0.05) is 6.07 Å². The molecule has 0 saturated heterocycles. The zero-order valence-corrected chi connectivity index (χ0v) is 7.06. The minimum Gasteiger partial charge on any atom is -0.224 e. The van der Waals surface area contributed by atoms with Crippen molar-refractivity contribution in [1.29, 1.82) is 0 Å². The van der Waals surface area contributed by atoms with E-state index in [0.29, 0.717) is 5.29 Å². The molecule has 1 aromatic rings. The molecule has 0 fully saturated rings. The Morgan fingerprint density at radius 2 is 2.36 bits per heavy atom. The zero-order valence-electron chi connectivity index (χ0n) is 5.49. The van der Waals surface area contributed by atoms with Crippen molar-refractivity contribution < 1.29 is 0 Å². The molecule has 11 heavy (non-hydrogen) atoms. The van der Waals surface area contributed by atoms with Gasteiger partial charge in [-0.05, 0) is 23.0 Å². The summed E-state index contributed by atoms with van der Waals surface area (Å²) in [4.78, 5) is 4.93. The number of hydrogen-bond donors (Lipinski definition) is 0. The maximum Gasteiger partial charge on any atom is 0.223 e. The van der Waals surface area contributed by atoms with Crippen molar-refractivity contribution >= 4 is 33.9 Å². The van der Waals surface area contributed by atoms with E-state index < -0.39 is 0 Å². The maximum absolute atomic E-state index is 5.56. The lowest BCUT2D eigenvalue weighted by Gasteiger charge is -1.93. The third-order valence-corrected chi connectivity index (χ3v) is 2.35. The molecule has 0 bridgehead atoms. The number of aliphatic imine (C=N–C) groups is 1. The van der Waals surface area contributed by atoms with Gasteiger partial charge < -0.3 is 0 Å². The highest BCUT2D eigenvalue weighted by molar-refractivity contribution is 7.11. The van der Waals surface area contributed by atoms with E-state index in [9.17, 15) is 0 Å². The molecule has 0 N–H and O–H groups in total. The van der Waals surface area contributed by atoms with E-state index in [1.165, 1.54) is 0 Å². The van der Waals surface area contributed by atoms with Crippen molar-refractivity contribution in [2.45, 2.75) is 0 Å². The Balaban J connectivity index is 2.23. The van der Waals surface area contributed by atoms with Crippen molar-refractivity contribution in [2.24, 2.45) is 4.99 Å². The minimum atomic E-state index is 0.313. The van der Waals surface area contributed by atoms with Gasteiger partial charge in [0.05, 0.1) is 11.1 Å². The third-order valence-electron chi connectivity index (χ3n) is 1.28. The summed E-state index contributed by atoms with van der Waals surface area (Å²) in [5, 5.41) is 6.33. The first kappa shape index (κ1) is 6.88. The van der Waals surface area contributed by atoms with Crippen LogP contribution in [-0.4, -0.2) is 5.29 Å². The van der Waals surface area contributed by atoms with Crippen LogP contribution in [0.1, 0.15) is 4.88 Å². The van der Waals surface area contributed by atoms with Gasteiger partial charge in [-0.2, -0.15) is 0 Å². The van der Waals surface area contributed by atoms with Crippen molar-refractivity contribution in [3.05, 3.63) is 28.6 Å². The Morgan fingerprint density at radius 1 is 1.45 bits per heavy atom. The molecule has 0 aromatic carbocycles. The number of rotatable bonds is 1. The first-order chi connectivity index (χ1) is 5.36. The van der Waals surface area contributed by atoms with Crippen LogP contribution in [0.2, 0.25) is 0 Å². The molecule has 0 aliphatic carbocycles. The summed E-state index contributed by atoms with van der Waals surface area (Å²) in [6.07, 6.45) is 1.67. The quantitative estimate of drug-likeness (QED) is 0.598. The van der Waals surface area contributed by atoms with Crippen LogP contribution in [0.25, 0.3) is 5.70 Å². The summed E-state index contributed by atoms with van der Waals surface area (Å²) in [6.45, 7) is 0. The molecule has 0 saturated carbocycles. The molecule has 2 rings (SSSR count). The van der Waals surface area contributed by atoms with Crippen LogP contribution in [0.4, 0.5) is 0 Å². The lowest BCUT2D eigenvalue weighted by Crippen LogP contribution is -2.00. The number of halogens is 1. The highest BCUT2D eigenvalue weighted by Gasteiger charge is 2.10. The smallest absolute Gasteiger partial charge is 0.223 e. The fraction of sp³-hybridized carbons (Fsp3) is 0. The molecule has 1 aliphatic heterocycles. The van der Waals surface area contributed by atoms with Crippen molar-refractivity contribution in [3.8, 4) is 0 Å². The Bertz CT molecular complexity index is 313. The lowest BCUT2D eigenvalue weighted by atomic mass is 10.4. The Morgan fingerprint density at radius 3 is 2.91 bits per heavy atom. The highest BCUT2D eigenvalue weighted by atomic mass is 35.5. The molecule has 1 radical (unpaired) electrons. The fourth-order valence-corrected chi connectivity index (χ4v) is 1.63. The van der Waals surface area contributed by atoms with Gasteiger partial charge in [-0.3, -0.25) is 0 Å². The molecule has 0 unspecified atom stereocenters. The SMILES string of the molecule is ClC1=NC=C(c2cccs2)[N]1. The second kappa shape index (κ2) is 2.68. The number of hydrogen-bond acceptors (Lipinski definition) is 2. The van der Waals surface area contributed by atoms with Crippen LogP contribution < -0.4 is 5.32 Å².